The van der Waals surface area contributed by atoms with Crippen LogP contribution in [-0.2, 0) is 0 Å². The summed E-state index contributed by atoms with van der Waals surface area (Å²) in [5.41, 5.74) is 6.16. The molecule has 0 saturated heterocycles. The van der Waals surface area contributed by atoms with Gasteiger partial charge in [-0.3, -0.25) is 0 Å². The molecule has 0 fully saturated rings. The van der Waals surface area contributed by atoms with E-state index in [0.29, 0.717) is 12.3 Å². The van der Waals surface area contributed by atoms with Gasteiger partial charge in [-0.2, -0.15) is 0 Å². The highest BCUT2D eigenvalue weighted by Crippen LogP contribution is 2.12. The fraction of sp³-hybridized carbons (Fsp3) is 0.400. The minimum Gasteiger partial charge on any atom is -0.491 e. The molecule has 1 aromatic rings. The minimum atomic E-state index is 0.0321. The zero-order chi connectivity index (χ0) is 10.1. The van der Waals surface area contributed by atoms with Crippen molar-refractivity contribution in [2.24, 2.45) is 0 Å². The Hall–Kier alpha value is -1.22. The number of hydrogen-bond acceptors (Lipinski definition) is 3. The SMILES string of the molecule is CC.Nc1ccc(OCCO)cc1. The standard InChI is InChI=1S/C8H11NO2.C2H6/c9-7-1-3-8(4-2-7)11-6-5-10;1-2/h1-4,10H,5-6,9H2;1-2H3. The van der Waals surface area contributed by atoms with Gasteiger partial charge >= 0.3 is 0 Å². The quantitative estimate of drug-likeness (QED) is 0.701. The lowest BCUT2D eigenvalue weighted by Crippen LogP contribution is -2.01. The van der Waals surface area contributed by atoms with E-state index in [-0.39, 0.29) is 6.61 Å². The second-order valence-corrected chi connectivity index (χ2v) is 2.14. The maximum atomic E-state index is 8.43. The maximum absolute atomic E-state index is 8.43. The highest BCUT2D eigenvalue weighted by molar-refractivity contribution is 5.41. The van der Waals surface area contributed by atoms with Crippen LogP contribution in [0.3, 0.4) is 0 Å². The van der Waals surface area contributed by atoms with Gasteiger partial charge in [0, 0.05) is 5.69 Å². The molecular weight excluding hydrogens is 166 g/mol. The lowest BCUT2D eigenvalue weighted by Gasteiger charge is -2.02. The number of anilines is 1. The molecule has 0 aliphatic rings. The van der Waals surface area contributed by atoms with Crippen LogP contribution in [0.4, 0.5) is 5.69 Å². The zero-order valence-corrected chi connectivity index (χ0v) is 8.16. The molecule has 0 amide bonds. The van der Waals surface area contributed by atoms with E-state index >= 15 is 0 Å². The Morgan fingerprint density at radius 3 is 2.23 bits per heavy atom. The molecule has 0 aliphatic heterocycles. The largest absolute Gasteiger partial charge is 0.491 e. The molecule has 0 heterocycles. The van der Waals surface area contributed by atoms with E-state index in [1.165, 1.54) is 0 Å². The van der Waals surface area contributed by atoms with Gasteiger partial charge in [-0.25, -0.2) is 0 Å². The van der Waals surface area contributed by atoms with Crippen LogP contribution >= 0.6 is 0 Å². The van der Waals surface area contributed by atoms with E-state index in [4.69, 9.17) is 15.6 Å². The van der Waals surface area contributed by atoms with Crippen molar-refractivity contribution < 1.29 is 9.84 Å². The van der Waals surface area contributed by atoms with E-state index in [1.807, 2.05) is 13.8 Å². The molecule has 0 unspecified atom stereocenters. The Morgan fingerprint density at radius 2 is 1.77 bits per heavy atom. The summed E-state index contributed by atoms with van der Waals surface area (Å²) in [4.78, 5) is 0. The number of nitrogens with two attached hydrogens (primary N) is 1. The highest BCUT2D eigenvalue weighted by Gasteiger charge is 1.90. The van der Waals surface area contributed by atoms with E-state index in [0.717, 1.165) is 5.75 Å². The van der Waals surface area contributed by atoms with Crippen LogP contribution < -0.4 is 10.5 Å². The zero-order valence-electron chi connectivity index (χ0n) is 8.16. The second-order valence-electron chi connectivity index (χ2n) is 2.14. The molecule has 0 aliphatic carbocycles. The van der Waals surface area contributed by atoms with Crippen LogP contribution in [0, 0.1) is 0 Å². The molecule has 0 radical (unpaired) electrons. The first kappa shape index (κ1) is 11.8. The third-order valence-corrected chi connectivity index (χ3v) is 1.24. The number of aliphatic hydroxyl groups is 1. The first-order chi connectivity index (χ1) is 6.33. The van der Waals surface area contributed by atoms with Crippen molar-refractivity contribution in [3.63, 3.8) is 0 Å². The summed E-state index contributed by atoms with van der Waals surface area (Å²) in [5, 5.41) is 8.43. The molecule has 3 nitrogen and oxygen atoms in total. The van der Waals surface area contributed by atoms with Gasteiger partial charge in [0.2, 0.25) is 0 Å². The molecule has 1 rings (SSSR count). The number of nitrogen functional groups attached to an aromatic ring is 1. The Balaban J connectivity index is 0.000000671. The average molecular weight is 183 g/mol. The molecule has 13 heavy (non-hydrogen) atoms. The van der Waals surface area contributed by atoms with Crippen LogP contribution in [-0.4, -0.2) is 18.3 Å². The summed E-state index contributed by atoms with van der Waals surface area (Å²) in [6, 6.07) is 7.05. The normalized spacial score (nSPS) is 8.54. The Bertz CT molecular complexity index is 209. The highest BCUT2D eigenvalue weighted by atomic mass is 16.5. The lowest BCUT2D eigenvalue weighted by molar-refractivity contribution is 0.201. The number of rotatable bonds is 3. The minimum absolute atomic E-state index is 0.0321. The first-order valence-electron chi connectivity index (χ1n) is 4.42. The van der Waals surface area contributed by atoms with Gasteiger partial charge in [-0.05, 0) is 24.3 Å². The average Bonchev–Trinajstić information content (AvgIpc) is 2.20. The van der Waals surface area contributed by atoms with E-state index < -0.39 is 0 Å². The lowest BCUT2D eigenvalue weighted by atomic mass is 10.3. The Kier molecular flexibility index (Phi) is 6.73. The van der Waals surface area contributed by atoms with Gasteiger partial charge in [0.05, 0.1) is 6.61 Å². The monoisotopic (exact) mass is 183 g/mol. The third-order valence-electron chi connectivity index (χ3n) is 1.24. The molecule has 74 valence electrons. The molecule has 3 heteroatoms. The van der Waals surface area contributed by atoms with Crippen LogP contribution in [0.5, 0.6) is 5.75 Å². The summed E-state index contributed by atoms with van der Waals surface area (Å²) in [6.07, 6.45) is 0. The fourth-order valence-electron chi connectivity index (χ4n) is 0.728. The molecule has 0 spiro atoms. The summed E-state index contributed by atoms with van der Waals surface area (Å²) < 4.78 is 5.10. The van der Waals surface area contributed by atoms with Crippen molar-refractivity contribution in [1.82, 2.24) is 0 Å². The van der Waals surface area contributed by atoms with Gasteiger partial charge in [0.15, 0.2) is 0 Å². The van der Waals surface area contributed by atoms with Crippen molar-refractivity contribution in [2.75, 3.05) is 18.9 Å². The van der Waals surface area contributed by atoms with Crippen molar-refractivity contribution in [1.29, 1.82) is 0 Å². The Labute approximate surface area is 79.1 Å². The molecule has 0 atom stereocenters. The molecule has 0 aromatic heterocycles. The summed E-state index contributed by atoms with van der Waals surface area (Å²) in [5.74, 6) is 0.730. The van der Waals surface area contributed by atoms with E-state index in [2.05, 4.69) is 0 Å². The smallest absolute Gasteiger partial charge is 0.119 e. The number of ether oxygens (including phenoxy) is 1. The van der Waals surface area contributed by atoms with Crippen molar-refractivity contribution in [2.45, 2.75) is 13.8 Å². The number of aliphatic hydroxyl groups excluding tert-OH is 1. The van der Waals surface area contributed by atoms with Gasteiger partial charge in [0.1, 0.15) is 12.4 Å². The maximum Gasteiger partial charge on any atom is 0.119 e. The molecule has 1 aromatic carbocycles. The Morgan fingerprint density at radius 1 is 1.23 bits per heavy atom. The van der Waals surface area contributed by atoms with E-state index in [1.54, 1.807) is 24.3 Å². The fourth-order valence-corrected chi connectivity index (χ4v) is 0.728. The van der Waals surface area contributed by atoms with E-state index in [9.17, 15) is 0 Å². The summed E-state index contributed by atoms with van der Waals surface area (Å²) in [6.45, 7) is 4.36. The summed E-state index contributed by atoms with van der Waals surface area (Å²) >= 11 is 0. The molecule has 3 N–H and O–H groups in total. The van der Waals surface area contributed by atoms with Gasteiger partial charge in [0.25, 0.3) is 0 Å². The van der Waals surface area contributed by atoms with Gasteiger partial charge in [-0.15, -0.1) is 0 Å². The van der Waals surface area contributed by atoms with Crippen molar-refractivity contribution >= 4 is 5.69 Å². The topological polar surface area (TPSA) is 55.5 Å². The predicted molar refractivity (Wildman–Crippen MR) is 54.8 cm³/mol. The van der Waals surface area contributed by atoms with Crippen LogP contribution in [0.15, 0.2) is 24.3 Å². The summed E-state index contributed by atoms with van der Waals surface area (Å²) in [7, 11) is 0. The van der Waals surface area contributed by atoms with Gasteiger partial charge in [-0.1, -0.05) is 13.8 Å². The third kappa shape index (κ3) is 5.09. The van der Waals surface area contributed by atoms with Crippen LogP contribution in [0.25, 0.3) is 0 Å². The molecular formula is C10H17NO2. The van der Waals surface area contributed by atoms with Crippen LogP contribution in [0.1, 0.15) is 13.8 Å². The van der Waals surface area contributed by atoms with Crippen molar-refractivity contribution in [3.8, 4) is 5.75 Å². The van der Waals surface area contributed by atoms with Crippen LogP contribution in [0.2, 0.25) is 0 Å². The predicted octanol–water partition coefficient (Wildman–Crippen LogP) is 1.67. The van der Waals surface area contributed by atoms with Crippen molar-refractivity contribution in [3.05, 3.63) is 24.3 Å². The van der Waals surface area contributed by atoms with Gasteiger partial charge < -0.3 is 15.6 Å². The molecule has 0 saturated carbocycles. The molecule has 0 bridgehead atoms. The number of benzene rings is 1. The first-order valence-corrected chi connectivity index (χ1v) is 4.42. The number of hydrogen-bond donors (Lipinski definition) is 2. The second kappa shape index (κ2) is 7.43.